The van der Waals surface area contributed by atoms with Crippen LogP contribution in [0.5, 0.6) is 0 Å². The van der Waals surface area contributed by atoms with E-state index in [2.05, 4.69) is 11.9 Å². The highest BCUT2D eigenvalue weighted by atomic mass is 16.3. The predicted molar refractivity (Wildman–Crippen MR) is 68.8 cm³/mol. The fourth-order valence-corrected chi connectivity index (χ4v) is 2.43. The summed E-state index contributed by atoms with van der Waals surface area (Å²) in [4.78, 5) is 15.8. The molecule has 1 rings (SSSR count). The number of piperidine rings is 1. The van der Waals surface area contributed by atoms with E-state index in [1.165, 1.54) is 25.9 Å². The van der Waals surface area contributed by atoms with Gasteiger partial charge in [-0.3, -0.25) is 4.79 Å². The van der Waals surface area contributed by atoms with Gasteiger partial charge in [0, 0.05) is 33.2 Å². The van der Waals surface area contributed by atoms with Gasteiger partial charge in [-0.25, -0.2) is 0 Å². The van der Waals surface area contributed by atoms with Crippen LogP contribution < -0.4 is 0 Å². The average Bonchev–Trinajstić information content (AvgIpc) is 2.33. The molecule has 1 unspecified atom stereocenters. The quantitative estimate of drug-likeness (QED) is 0.754. The normalized spacial score (nSPS) is 21.5. The van der Waals surface area contributed by atoms with E-state index >= 15 is 0 Å². The summed E-state index contributed by atoms with van der Waals surface area (Å²) >= 11 is 0. The zero-order chi connectivity index (χ0) is 12.7. The minimum absolute atomic E-state index is 0.104. The molecule has 100 valence electrons. The van der Waals surface area contributed by atoms with Crippen LogP contribution in [0.2, 0.25) is 0 Å². The molecule has 0 spiro atoms. The van der Waals surface area contributed by atoms with E-state index in [1.54, 1.807) is 0 Å². The predicted octanol–water partition coefficient (Wildman–Crippen LogP) is 0.949. The lowest BCUT2D eigenvalue weighted by molar-refractivity contribution is -0.130. The number of amides is 1. The fraction of sp³-hybridized carbons (Fsp3) is 0.923. The number of rotatable bonds is 6. The van der Waals surface area contributed by atoms with E-state index < -0.39 is 0 Å². The maximum Gasteiger partial charge on any atom is 0.222 e. The Morgan fingerprint density at radius 3 is 2.94 bits per heavy atom. The minimum atomic E-state index is 0.104. The largest absolute Gasteiger partial charge is 0.396 e. The fourth-order valence-electron chi connectivity index (χ4n) is 2.43. The smallest absolute Gasteiger partial charge is 0.222 e. The van der Waals surface area contributed by atoms with E-state index in [0.717, 1.165) is 18.9 Å². The molecule has 0 aromatic rings. The Hall–Kier alpha value is -0.610. The zero-order valence-electron chi connectivity index (χ0n) is 11.2. The summed E-state index contributed by atoms with van der Waals surface area (Å²) in [5.74, 6) is 0.894. The van der Waals surface area contributed by atoms with E-state index in [-0.39, 0.29) is 12.5 Å². The Kier molecular flexibility index (Phi) is 6.52. The van der Waals surface area contributed by atoms with Gasteiger partial charge in [-0.1, -0.05) is 0 Å². The summed E-state index contributed by atoms with van der Waals surface area (Å²) in [5, 5.41) is 8.68. The Labute approximate surface area is 105 Å². The Balaban J connectivity index is 2.18. The first-order valence-corrected chi connectivity index (χ1v) is 6.67. The van der Waals surface area contributed by atoms with Gasteiger partial charge in [-0.05, 0) is 45.2 Å². The lowest BCUT2D eigenvalue weighted by Crippen LogP contribution is -2.35. The zero-order valence-corrected chi connectivity index (χ0v) is 11.2. The molecule has 0 aliphatic carbocycles. The summed E-state index contributed by atoms with van der Waals surface area (Å²) in [6.45, 7) is 3.33. The van der Waals surface area contributed by atoms with Crippen LogP contribution in [0.1, 0.15) is 32.1 Å². The SMILES string of the molecule is CN1CCCC(CCN(C)C(=O)CCCO)C1. The van der Waals surface area contributed by atoms with Crippen molar-refractivity contribution in [3.8, 4) is 0 Å². The first-order chi connectivity index (χ1) is 8.13. The molecule has 1 atom stereocenters. The molecule has 0 aromatic carbocycles. The van der Waals surface area contributed by atoms with Crippen LogP contribution in [0.25, 0.3) is 0 Å². The van der Waals surface area contributed by atoms with E-state index in [0.29, 0.717) is 12.8 Å². The maximum atomic E-state index is 11.6. The maximum absolute atomic E-state index is 11.6. The number of nitrogens with zero attached hydrogens (tertiary/aromatic N) is 2. The van der Waals surface area contributed by atoms with Crippen LogP contribution in [-0.4, -0.2) is 61.2 Å². The highest BCUT2D eigenvalue weighted by Crippen LogP contribution is 2.18. The third kappa shape index (κ3) is 5.50. The molecule has 0 radical (unpaired) electrons. The first kappa shape index (κ1) is 14.5. The van der Waals surface area contributed by atoms with Gasteiger partial charge in [0.1, 0.15) is 0 Å². The van der Waals surface area contributed by atoms with E-state index in [4.69, 9.17) is 5.11 Å². The van der Waals surface area contributed by atoms with Gasteiger partial charge in [0.15, 0.2) is 0 Å². The summed E-state index contributed by atoms with van der Waals surface area (Å²) in [7, 11) is 4.04. The van der Waals surface area contributed by atoms with Crippen LogP contribution in [0, 0.1) is 5.92 Å². The minimum Gasteiger partial charge on any atom is -0.396 e. The molecule has 1 saturated heterocycles. The van der Waals surface area contributed by atoms with Crippen LogP contribution in [0.3, 0.4) is 0 Å². The Bertz CT molecular complexity index is 233. The van der Waals surface area contributed by atoms with Crippen molar-refractivity contribution < 1.29 is 9.90 Å². The second kappa shape index (κ2) is 7.67. The molecule has 1 fully saturated rings. The Morgan fingerprint density at radius 2 is 2.29 bits per heavy atom. The molecule has 1 aliphatic heterocycles. The molecular formula is C13H26N2O2. The second-order valence-corrected chi connectivity index (χ2v) is 5.20. The molecule has 0 aromatic heterocycles. The lowest BCUT2D eigenvalue weighted by Gasteiger charge is -2.30. The second-order valence-electron chi connectivity index (χ2n) is 5.20. The highest BCUT2D eigenvalue weighted by Gasteiger charge is 2.18. The molecule has 1 aliphatic rings. The van der Waals surface area contributed by atoms with E-state index in [9.17, 15) is 4.79 Å². The van der Waals surface area contributed by atoms with Crippen molar-refractivity contribution in [3.63, 3.8) is 0 Å². The average molecular weight is 242 g/mol. The monoisotopic (exact) mass is 242 g/mol. The lowest BCUT2D eigenvalue weighted by atomic mass is 9.95. The van der Waals surface area contributed by atoms with Gasteiger partial charge >= 0.3 is 0 Å². The van der Waals surface area contributed by atoms with Crippen LogP contribution in [-0.2, 0) is 4.79 Å². The van der Waals surface area contributed by atoms with Crippen molar-refractivity contribution in [2.75, 3.05) is 40.3 Å². The number of likely N-dealkylation sites (tertiary alicyclic amines) is 1. The van der Waals surface area contributed by atoms with Gasteiger partial charge in [-0.2, -0.15) is 0 Å². The third-order valence-electron chi connectivity index (χ3n) is 3.57. The van der Waals surface area contributed by atoms with Crippen LogP contribution in [0.15, 0.2) is 0 Å². The first-order valence-electron chi connectivity index (χ1n) is 6.67. The number of aliphatic hydroxyl groups is 1. The topological polar surface area (TPSA) is 43.8 Å². The molecule has 4 heteroatoms. The van der Waals surface area contributed by atoms with Crippen molar-refractivity contribution in [1.29, 1.82) is 0 Å². The molecule has 4 nitrogen and oxygen atoms in total. The van der Waals surface area contributed by atoms with Crippen molar-refractivity contribution in [1.82, 2.24) is 9.80 Å². The summed E-state index contributed by atoms with van der Waals surface area (Å²) in [5.41, 5.74) is 0. The van der Waals surface area contributed by atoms with Crippen molar-refractivity contribution in [2.45, 2.75) is 32.1 Å². The molecule has 1 heterocycles. The Morgan fingerprint density at radius 1 is 1.53 bits per heavy atom. The molecule has 0 saturated carbocycles. The number of carbonyl (C=O) groups excluding carboxylic acids is 1. The standard InChI is InChI=1S/C13H26N2O2/c1-14-8-3-5-12(11-14)7-9-15(2)13(17)6-4-10-16/h12,16H,3-11H2,1-2H3. The van der Waals surface area contributed by atoms with Crippen molar-refractivity contribution in [3.05, 3.63) is 0 Å². The summed E-state index contributed by atoms with van der Waals surface area (Å²) < 4.78 is 0. The molecule has 0 bridgehead atoms. The van der Waals surface area contributed by atoms with Crippen molar-refractivity contribution in [2.24, 2.45) is 5.92 Å². The molecule has 1 N–H and O–H groups in total. The molecule has 1 amide bonds. The van der Waals surface area contributed by atoms with Crippen molar-refractivity contribution >= 4 is 5.91 Å². The number of carbonyl (C=O) groups is 1. The van der Waals surface area contributed by atoms with Crippen LogP contribution >= 0.6 is 0 Å². The highest BCUT2D eigenvalue weighted by molar-refractivity contribution is 5.75. The van der Waals surface area contributed by atoms with Gasteiger partial charge < -0.3 is 14.9 Å². The van der Waals surface area contributed by atoms with Gasteiger partial charge in [0.25, 0.3) is 0 Å². The number of hydrogen-bond donors (Lipinski definition) is 1. The van der Waals surface area contributed by atoms with Gasteiger partial charge in [-0.15, -0.1) is 0 Å². The summed E-state index contributed by atoms with van der Waals surface area (Å²) in [6.07, 6.45) is 4.73. The van der Waals surface area contributed by atoms with Crippen LogP contribution in [0.4, 0.5) is 0 Å². The molecular weight excluding hydrogens is 216 g/mol. The molecule has 17 heavy (non-hydrogen) atoms. The number of hydrogen-bond acceptors (Lipinski definition) is 3. The van der Waals surface area contributed by atoms with Gasteiger partial charge in [0.2, 0.25) is 5.91 Å². The van der Waals surface area contributed by atoms with Gasteiger partial charge in [0.05, 0.1) is 0 Å². The summed E-state index contributed by atoms with van der Waals surface area (Å²) in [6, 6.07) is 0. The number of aliphatic hydroxyl groups excluding tert-OH is 1. The third-order valence-corrected chi connectivity index (χ3v) is 3.57. The van der Waals surface area contributed by atoms with E-state index in [1.807, 2.05) is 11.9 Å².